The van der Waals surface area contributed by atoms with Gasteiger partial charge in [-0.3, -0.25) is 14.6 Å². The Kier molecular flexibility index (Phi) is 5.93. The Hall–Kier alpha value is -2.59. The second-order valence-electron chi connectivity index (χ2n) is 6.81. The second kappa shape index (κ2) is 8.40. The van der Waals surface area contributed by atoms with Gasteiger partial charge in [0.15, 0.2) is 11.6 Å². The van der Waals surface area contributed by atoms with Crippen molar-refractivity contribution in [1.29, 1.82) is 0 Å². The molecule has 2 N–H and O–H groups in total. The lowest BCUT2D eigenvalue weighted by atomic mass is 10.2. The van der Waals surface area contributed by atoms with E-state index in [-0.39, 0.29) is 37.6 Å². The van der Waals surface area contributed by atoms with E-state index < -0.39 is 27.2 Å². The molecule has 32 heavy (non-hydrogen) atoms. The molecule has 0 amide bonds. The van der Waals surface area contributed by atoms with E-state index in [1.807, 2.05) is 0 Å². The smallest absolute Gasteiger partial charge is 0.274 e. The molecule has 0 bridgehead atoms. The molecule has 0 aliphatic carbocycles. The van der Waals surface area contributed by atoms with Gasteiger partial charge in [-0.05, 0) is 48.0 Å². The summed E-state index contributed by atoms with van der Waals surface area (Å²) in [4.78, 5) is 12.5. The van der Waals surface area contributed by atoms with Crippen LogP contribution in [-0.2, 0) is 16.6 Å². The largest absolute Gasteiger partial charge is 0.295 e. The second-order valence-corrected chi connectivity index (χ2v) is 9.69. The fourth-order valence-corrected chi connectivity index (χ4v) is 5.13. The molecule has 1 heterocycles. The first-order chi connectivity index (χ1) is 15.0. The van der Waals surface area contributed by atoms with Crippen LogP contribution in [0.3, 0.4) is 0 Å². The van der Waals surface area contributed by atoms with Crippen LogP contribution in [-0.4, -0.2) is 18.2 Å². The number of nitrogens with zero attached hydrogens (tertiary/aromatic N) is 1. The van der Waals surface area contributed by atoms with Crippen molar-refractivity contribution < 1.29 is 17.2 Å². The topological polar surface area (TPSA) is 84.0 Å². The number of anilines is 1. The summed E-state index contributed by atoms with van der Waals surface area (Å²) in [5, 5.41) is 3.03. The van der Waals surface area contributed by atoms with E-state index in [9.17, 15) is 22.0 Å². The van der Waals surface area contributed by atoms with Crippen molar-refractivity contribution in [3.05, 3.63) is 91.2 Å². The zero-order valence-corrected chi connectivity index (χ0v) is 18.9. The summed E-state index contributed by atoms with van der Waals surface area (Å²) in [5.74, 6) is -2.01. The number of sulfonamides is 1. The summed E-state index contributed by atoms with van der Waals surface area (Å²) in [6, 6.07) is 9.96. The maximum Gasteiger partial charge on any atom is 0.274 e. The predicted octanol–water partition coefficient (Wildman–Crippen LogP) is 5.42. The average Bonchev–Trinajstić information content (AvgIpc) is 3.02. The number of H-pyrrole nitrogens is 1. The van der Waals surface area contributed by atoms with E-state index in [4.69, 9.17) is 34.8 Å². The number of halogens is 5. The molecule has 4 aromatic rings. The van der Waals surface area contributed by atoms with Crippen molar-refractivity contribution in [3.8, 4) is 0 Å². The molecule has 0 saturated carbocycles. The van der Waals surface area contributed by atoms with Gasteiger partial charge in [0.25, 0.3) is 15.6 Å². The minimum atomic E-state index is -4.14. The molecule has 0 aliphatic heterocycles. The highest BCUT2D eigenvalue weighted by molar-refractivity contribution is 7.92. The van der Waals surface area contributed by atoms with Crippen molar-refractivity contribution in [1.82, 2.24) is 9.78 Å². The molecular weight excluding hydrogens is 507 g/mol. The first kappa shape index (κ1) is 22.6. The van der Waals surface area contributed by atoms with E-state index in [1.54, 1.807) is 0 Å². The van der Waals surface area contributed by atoms with Gasteiger partial charge in [0.1, 0.15) is 4.90 Å². The number of benzene rings is 3. The number of hydrogen-bond acceptors (Lipinski definition) is 3. The Bertz CT molecular complexity index is 1530. The minimum Gasteiger partial charge on any atom is -0.295 e. The molecule has 166 valence electrons. The molecule has 0 spiro atoms. The van der Waals surface area contributed by atoms with Gasteiger partial charge in [0.2, 0.25) is 0 Å². The van der Waals surface area contributed by atoms with Crippen LogP contribution in [0.2, 0.25) is 15.1 Å². The summed E-state index contributed by atoms with van der Waals surface area (Å²) in [7, 11) is -4.14. The highest BCUT2D eigenvalue weighted by Gasteiger charge is 2.21. The molecule has 12 heteroatoms. The Morgan fingerprint density at radius 2 is 1.62 bits per heavy atom. The van der Waals surface area contributed by atoms with Crippen LogP contribution in [0.4, 0.5) is 14.5 Å². The maximum absolute atomic E-state index is 13.5. The van der Waals surface area contributed by atoms with Crippen molar-refractivity contribution in [2.75, 3.05) is 4.72 Å². The highest BCUT2D eigenvalue weighted by atomic mass is 35.5. The SMILES string of the molecule is O=c1c2cc(NS(=O)(=O)c3cc(Cl)c(Cl)cc3Cl)ccc2[nH]n1Cc1ccc(F)c(F)c1. The Morgan fingerprint density at radius 3 is 2.34 bits per heavy atom. The van der Waals surface area contributed by atoms with Crippen LogP contribution in [0, 0.1) is 11.6 Å². The summed E-state index contributed by atoms with van der Waals surface area (Å²) in [5.41, 5.74) is 0.426. The molecule has 4 rings (SSSR count). The third kappa shape index (κ3) is 4.33. The van der Waals surface area contributed by atoms with Gasteiger partial charge in [0, 0.05) is 5.69 Å². The number of rotatable bonds is 5. The molecule has 0 aliphatic rings. The van der Waals surface area contributed by atoms with Gasteiger partial charge in [-0.25, -0.2) is 21.9 Å². The zero-order valence-electron chi connectivity index (χ0n) is 15.8. The lowest BCUT2D eigenvalue weighted by molar-refractivity contribution is 0.505. The van der Waals surface area contributed by atoms with E-state index in [2.05, 4.69) is 9.82 Å². The van der Waals surface area contributed by atoms with Crippen LogP contribution in [0.1, 0.15) is 5.56 Å². The van der Waals surface area contributed by atoms with Gasteiger partial charge >= 0.3 is 0 Å². The van der Waals surface area contributed by atoms with Crippen molar-refractivity contribution in [2.24, 2.45) is 0 Å². The Balaban J connectivity index is 1.67. The Labute approximate surface area is 195 Å². The van der Waals surface area contributed by atoms with Crippen molar-refractivity contribution in [2.45, 2.75) is 11.4 Å². The third-order valence-electron chi connectivity index (χ3n) is 4.59. The third-order valence-corrected chi connectivity index (χ3v) is 7.16. The number of hydrogen-bond donors (Lipinski definition) is 2. The first-order valence-corrected chi connectivity index (χ1v) is 11.5. The van der Waals surface area contributed by atoms with Crippen molar-refractivity contribution in [3.63, 3.8) is 0 Å². The van der Waals surface area contributed by atoms with Gasteiger partial charge in [-0.1, -0.05) is 40.9 Å². The normalized spacial score (nSPS) is 11.8. The number of aromatic nitrogens is 2. The molecule has 0 fully saturated rings. The van der Waals surface area contributed by atoms with E-state index >= 15 is 0 Å². The summed E-state index contributed by atoms with van der Waals surface area (Å²) >= 11 is 17.8. The molecule has 0 atom stereocenters. The number of aromatic amines is 1. The quantitative estimate of drug-likeness (QED) is 0.346. The van der Waals surface area contributed by atoms with Crippen LogP contribution < -0.4 is 10.3 Å². The molecule has 0 unspecified atom stereocenters. The van der Waals surface area contributed by atoms with Gasteiger partial charge in [-0.15, -0.1) is 0 Å². The molecule has 0 saturated heterocycles. The fourth-order valence-electron chi connectivity index (χ4n) is 3.08. The van der Waals surface area contributed by atoms with E-state index in [1.165, 1.54) is 35.0 Å². The van der Waals surface area contributed by atoms with E-state index in [0.29, 0.717) is 11.1 Å². The predicted molar refractivity (Wildman–Crippen MR) is 120 cm³/mol. The molecule has 1 aromatic heterocycles. The highest BCUT2D eigenvalue weighted by Crippen LogP contribution is 2.32. The number of fused-ring (bicyclic) bond motifs is 1. The first-order valence-electron chi connectivity index (χ1n) is 8.89. The van der Waals surface area contributed by atoms with Crippen molar-refractivity contribution >= 4 is 61.4 Å². The number of nitrogens with one attached hydrogen (secondary N) is 2. The molecule has 3 aromatic carbocycles. The Morgan fingerprint density at radius 1 is 0.906 bits per heavy atom. The lowest BCUT2D eigenvalue weighted by Gasteiger charge is -2.10. The molecule has 0 radical (unpaired) electrons. The van der Waals surface area contributed by atoms with Crippen LogP contribution >= 0.6 is 34.8 Å². The summed E-state index contributed by atoms with van der Waals surface area (Å²) in [6.07, 6.45) is 0. The van der Waals surface area contributed by atoms with Gasteiger partial charge in [-0.2, -0.15) is 0 Å². The van der Waals surface area contributed by atoms with Crippen LogP contribution in [0.15, 0.2) is 58.2 Å². The lowest BCUT2D eigenvalue weighted by Crippen LogP contribution is -2.17. The van der Waals surface area contributed by atoms with Crippen LogP contribution in [0.5, 0.6) is 0 Å². The van der Waals surface area contributed by atoms with Gasteiger partial charge < -0.3 is 0 Å². The fraction of sp³-hybridized carbons (Fsp3) is 0.0500. The molecule has 6 nitrogen and oxygen atoms in total. The summed E-state index contributed by atoms with van der Waals surface area (Å²) in [6.45, 7) is -0.0370. The van der Waals surface area contributed by atoms with Gasteiger partial charge in [0.05, 0.1) is 32.5 Å². The average molecular weight is 519 g/mol. The zero-order chi connectivity index (χ0) is 23.2. The maximum atomic E-state index is 13.5. The monoisotopic (exact) mass is 517 g/mol. The minimum absolute atomic E-state index is 0.0117. The van der Waals surface area contributed by atoms with E-state index in [0.717, 1.165) is 18.2 Å². The summed E-state index contributed by atoms with van der Waals surface area (Å²) < 4.78 is 55.6. The standard InChI is InChI=1S/C20H12Cl3F2N3O3S/c21-13-7-15(23)19(8-14(13)22)32(30,31)27-11-2-4-18-12(6-11)20(29)28(26-18)9-10-1-3-16(24)17(25)5-10/h1-8,26-27H,9H2. The molecular formula is C20H12Cl3F2N3O3S. The van der Waals surface area contributed by atoms with Crippen LogP contribution in [0.25, 0.3) is 10.9 Å².